The molecular formula is C19H20ClNO3. The molecule has 1 N–H and O–H groups in total. The van der Waals surface area contributed by atoms with E-state index >= 15 is 0 Å². The van der Waals surface area contributed by atoms with E-state index < -0.39 is 0 Å². The van der Waals surface area contributed by atoms with Crippen molar-refractivity contribution < 1.29 is 14.3 Å². The van der Waals surface area contributed by atoms with Crippen LogP contribution in [0.4, 0.5) is 0 Å². The maximum atomic E-state index is 12.3. The lowest BCUT2D eigenvalue weighted by atomic mass is 9.96. The highest BCUT2D eigenvalue weighted by Crippen LogP contribution is 2.29. The van der Waals surface area contributed by atoms with Gasteiger partial charge in [-0.1, -0.05) is 23.7 Å². The lowest BCUT2D eigenvalue weighted by Crippen LogP contribution is -2.38. The number of halogens is 1. The molecule has 0 radical (unpaired) electrons. The monoisotopic (exact) mass is 345 g/mol. The highest BCUT2D eigenvalue weighted by molar-refractivity contribution is 6.30. The molecule has 24 heavy (non-hydrogen) atoms. The fraction of sp³-hybridized carbons (Fsp3) is 0.316. The Morgan fingerprint density at radius 1 is 1.29 bits per heavy atom. The summed E-state index contributed by atoms with van der Waals surface area (Å²) in [5.41, 5.74) is 2.15. The van der Waals surface area contributed by atoms with E-state index in [0.29, 0.717) is 24.6 Å². The quantitative estimate of drug-likeness (QED) is 0.904. The maximum Gasteiger partial charge on any atom is 0.226 e. The van der Waals surface area contributed by atoms with Gasteiger partial charge >= 0.3 is 0 Å². The number of carbonyl (C=O) groups is 1. The molecule has 0 saturated heterocycles. The summed E-state index contributed by atoms with van der Waals surface area (Å²) in [7, 11) is 1.65. The van der Waals surface area contributed by atoms with Crippen LogP contribution in [0.15, 0.2) is 42.5 Å². The fourth-order valence-electron chi connectivity index (χ4n) is 2.80. The van der Waals surface area contributed by atoms with Gasteiger partial charge in [0.1, 0.15) is 18.1 Å². The zero-order valence-electron chi connectivity index (χ0n) is 13.5. The van der Waals surface area contributed by atoms with Gasteiger partial charge in [-0.15, -0.1) is 0 Å². The van der Waals surface area contributed by atoms with Gasteiger partial charge in [0, 0.05) is 11.6 Å². The normalized spacial score (nSPS) is 16.0. The summed E-state index contributed by atoms with van der Waals surface area (Å²) in [5.74, 6) is 1.50. The van der Waals surface area contributed by atoms with Gasteiger partial charge in [-0.2, -0.15) is 0 Å². The van der Waals surface area contributed by atoms with E-state index in [1.54, 1.807) is 13.2 Å². The predicted molar refractivity (Wildman–Crippen MR) is 93.8 cm³/mol. The summed E-state index contributed by atoms with van der Waals surface area (Å²) in [6.07, 6.45) is 1.44. The first-order valence-corrected chi connectivity index (χ1v) is 8.35. The summed E-state index contributed by atoms with van der Waals surface area (Å²) in [5, 5.41) is 3.66. The maximum absolute atomic E-state index is 12.3. The van der Waals surface area contributed by atoms with E-state index in [0.717, 1.165) is 29.0 Å². The number of methoxy groups -OCH3 is 1. The first-order valence-electron chi connectivity index (χ1n) is 7.97. The van der Waals surface area contributed by atoms with Crippen LogP contribution in [0.2, 0.25) is 5.02 Å². The number of fused-ring (bicyclic) bond motifs is 1. The summed E-state index contributed by atoms with van der Waals surface area (Å²) >= 11 is 6.01. The molecule has 5 heteroatoms. The SMILES string of the molecule is COc1ccc(CCNC(=O)C2COc3ccc(Cl)cc3C2)cc1. The summed E-state index contributed by atoms with van der Waals surface area (Å²) in [4.78, 5) is 12.3. The highest BCUT2D eigenvalue weighted by atomic mass is 35.5. The fourth-order valence-corrected chi connectivity index (χ4v) is 2.99. The Kier molecular flexibility index (Phi) is 5.26. The third-order valence-corrected chi connectivity index (χ3v) is 4.41. The smallest absolute Gasteiger partial charge is 0.226 e. The van der Waals surface area contributed by atoms with Crippen LogP contribution < -0.4 is 14.8 Å². The molecule has 0 fully saturated rings. The Morgan fingerprint density at radius 3 is 2.83 bits per heavy atom. The Balaban J connectivity index is 1.50. The zero-order chi connectivity index (χ0) is 16.9. The molecule has 0 saturated carbocycles. The van der Waals surface area contributed by atoms with Crippen molar-refractivity contribution in [3.63, 3.8) is 0 Å². The number of amides is 1. The molecule has 126 valence electrons. The number of ether oxygens (including phenoxy) is 2. The highest BCUT2D eigenvalue weighted by Gasteiger charge is 2.25. The lowest BCUT2D eigenvalue weighted by Gasteiger charge is -2.24. The van der Waals surface area contributed by atoms with Gasteiger partial charge in [0.25, 0.3) is 0 Å². The van der Waals surface area contributed by atoms with E-state index in [4.69, 9.17) is 21.1 Å². The molecule has 4 nitrogen and oxygen atoms in total. The molecule has 3 rings (SSSR count). The van der Waals surface area contributed by atoms with Gasteiger partial charge in [0.05, 0.1) is 13.0 Å². The van der Waals surface area contributed by atoms with Crippen LogP contribution in [0.5, 0.6) is 11.5 Å². The van der Waals surface area contributed by atoms with Crippen molar-refractivity contribution in [2.75, 3.05) is 20.3 Å². The van der Waals surface area contributed by atoms with Gasteiger partial charge in [0.15, 0.2) is 0 Å². The van der Waals surface area contributed by atoms with E-state index in [1.165, 1.54) is 0 Å². The van der Waals surface area contributed by atoms with Crippen molar-refractivity contribution in [2.45, 2.75) is 12.8 Å². The lowest BCUT2D eigenvalue weighted by molar-refractivity contribution is -0.126. The molecule has 1 aliphatic heterocycles. The molecule has 0 spiro atoms. The van der Waals surface area contributed by atoms with Crippen molar-refractivity contribution >= 4 is 17.5 Å². The third-order valence-electron chi connectivity index (χ3n) is 4.17. The van der Waals surface area contributed by atoms with Crippen molar-refractivity contribution in [2.24, 2.45) is 5.92 Å². The minimum absolute atomic E-state index is 0.0223. The van der Waals surface area contributed by atoms with Crippen molar-refractivity contribution in [1.82, 2.24) is 5.32 Å². The molecule has 2 aromatic rings. The number of carbonyl (C=O) groups excluding carboxylic acids is 1. The molecule has 1 amide bonds. The summed E-state index contributed by atoms with van der Waals surface area (Å²) in [6.45, 7) is 1.01. The molecule has 1 aliphatic rings. The topological polar surface area (TPSA) is 47.6 Å². The van der Waals surface area contributed by atoms with Gasteiger partial charge in [-0.3, -0.25) is 4.79 Å². The van der Waals surface area contributed by atoms with Crippen LogP contribution in [0, 0.1) is 5.92 Å². The molecule has 2 aromatic carbocycles. The second-order valence-corrected chi connectivity index (χ2v) is 6.29. The largest absolute Gasteiger partial charge is 0.497 e. The average molecular weight is 346 g/mol. The van der Waals surface area contributed by atoms with E-state index in [-0.39, 0.29) is 11.8 Å². The second kappa shape index (κ2) is 7.58. The van der Waals surface area contributed by atoms with E-state index in [9.17, 15) is 4.79 Å². The number of benzene rings is 2. The second-order valence-electron chi connectivity index (χ2n) is 5.85. The Hall–Kier alpha value is -2.20. The average Bonchev–Trinajstić information content (AvgIpc) is 2.61. The van der Waals surface area contributed by atoms with E-state index in [1.807, 2.05) is 36.4 Å². The van der Waals surface area contributed by atoms with Crippen molar-refractivity contribution in [3.8, 4) is 11.5 Å². The van der Waals surface area contributed by atoms with Crippen LogP contribution in [-0.2, 0) is 17.6 Å². The third kappa shape index (κ3) is 4.01. The minimum Gasteiger partial charge on any atom is -0.497 e. The van der Waals surface area contributed by atoms with Crippen LogP contribution in [0.3, 0.4) is 0 Å². The Bertz CT molecular complexity index is 715. The molecule has 1 atom stereocenters. The number of rotatable bonds is 5. The number of hydrogen-bond acceptors (Lipinski definition) is 3. The van der Waals surface area contributed by atoms with Crippen LogP contribution in [0.25, 0.3) is 0 Å². The molecule has 1 heterocycles. The molecular weight excluding hydrogens is 326 g/mol. The zero-order valence-corrected chi connectivity index (χ0v) is 14.3. The van der Waals surface area contributed by atoms with Crippen LogP contribution in [0.1, 0.15) is 11.1 Å². The first-order chi connectivity index (χ1) is 11.7. The number of nitrogens with one attached hydrogen (secondary N) is 1. The molecule has 1 unspecified atom stereocenters. The Labute approximate surface area is 146 Å². The van der Waals surface area contributed by atoms with Gasteiger partial charge in [0.2, 0.25) is 5.91 Å². The predicted octanol–water partition coefficient (Wildman–Crippen LogP) is 3.26. The summed E-state index contributed by atoms with van der Waals surface area (Å²) < 4.78 is 10.8. The molecule has 0 bridgehead atoms. The van der Waals surface area contributed by atoms with Crippen LogP contribution >= 0.6 is 11.6 Å². The van der Waals surface area contributed by atoms with E-state index in [2.05, 4.69) is 5.32 Å². The van der Waals surface area contributed by atoms with Crippen molar-refractivity contribution in [1.29, 1.82) is 0 Å². The standard InChI is InChI=1S/C19H20ClNO3/c1-23-17-5-2-13(3-6-17)8-9-21-19(22)15-10-14-11-16(20)4-7-18(14)24-12-15/h2-7,11,15H,8-10,12H2,1H3,(H,21,22). The summed E-state index contributed by atoms with van der Waals surface area (Å²) in [6, 6.07) is 13.4. The first kappa shape index (κ1) is 16.7. The van der Waals surface area contributed by atoms with Gasteiger partial charge in [-0.25, -0.2) is 0 Å². The van der Waals surface area contributed by atoms with Gasteiger partial charge in [-0.05, 0) is 54.3 Å². The van der Waals surface area contributed by atoms with Crippen molar-refractivity contribution in [3.05, 3.63) is 58.6 Å². The van der Waals surface area contributed by atoms with Crippen LogP contribution in [-0.4, -0.2) is 26.2 Å². The Morgan fingerprint density at radius 2 is 2.08 bits per heavy atom. The minimum atomic E-state index is -0.174. The number of hydrogen-bond donors (Lipinski definition) is 1. The molecule has 0 aromatic heterocycles. The van der Waals surface area contributed by atoms with Gasteiger partial charge < -0.3 is 14.8 Å². The molecule has 0 aliphatic carbocycles.